The average Bonchev–Trinajstić information content (AvgIpc) is 3.15. The third-order valence-electron chi connectivity index (χ3n) is 11.3. The molecule has 1 amide bonds. The van der Waals surface area contributed by atoms with Crippen molar-refractivity contribution in [3.63, 3.8) is 0 Å². The highest BCUT2D eigenvalue weighted by molar-refractivity contribution is 5.76. The number of fused-ring (bicyclic) bond motifs is 5. The van der Waals surface area contributed by atoms with Gasteiger partial charge in [-0.2, -0.15) is 0 Å². The van der Waals surface area contributed by atoms with Crippen LogP contribution >= 0.6 is 0 Å². The number of hydrogen-bond donors (Lipinski definition) is 2. The van der Waals surface area contributed by atoms with Crippen LogP contribution in [-0.2, 0) is 9.53 Å². The van der Waals surface area contributed by atoms with Crippen LogP contribution in [0.1, 0.15) is 72.1 Å². The van der Waals surface area contributed by atoms with Gasteiger partial charge in [0.2, 0.25) is 5.91 Å². The van der Waals surface area contributed by atoms with Gasteiger partial charge in [-0.25, -0.2) is 0 Å². The van der Waals surface area contributed by atoms with Crippen LogP contribution in [0.15, 0.2) is 0 Å². The number of nitrogens with one attached hydrogen (secondary N) is 1. The Kier molecular flexibility index (Phi) is 6.39. The van der Waals surface area contributed by atoms with E-state index in [4.69, 9.17) is 4.74 Å². The number of aliphatic hydroxyl groups is 1. The SMILES string of the molecule is C[C@H](CCC(=O)N1CCOCC1)[C@H]1CC[C@H]2[C@@H]3[C@@H](O)C[C@@H]4CNCC[C@]4(C)[C@H]3CC[C@]12C. The topological polar surface area (TPSA) is 61.8 Å². The minimum absolute atomic E-state index is 0.125. The first-order valence-electron chi connectivity index (χ1n) is 13.6. The van der Waals surface area contributed by atoms with Crippen molar-refractivity contribution in [3.05, 3.63) is 0 Å². The molecule has 2 heterocycles. The summed E-state index contributed by atoms with van der Waals surface area (Å²) >= 11 is 0. The molecule has 0 bridgehead atoms. The Bertz CT molecular complexity index is 694. The fourth-order valence-electron chi connectivity index (χ4n) is 9.36. The number of aliphatic hydroxyl groups excluding tert-OH is 1. The smallest absolute Gasteiger partial charge is 0.222 e. The van der Waals surface area contributed by atoms with Crippen molar-refractivity contribution in [1.29, 1.82) is 0 Å². The lowest BCUT2D eigenvalue weighted by Crippen LogP contribution is -2.60. The van der Waals surface area contributed by atoms with Crippen molar-refractivity contribution < 1.29 is 14.6 Å². The third kappa shape index (κ3) is 3.75. The average molecular weight is 447 g/mol. The van der Waals surface area contributed by atoms with Crippen LogP contribution < -0.4 is 5.32 Å². The molecule has 5 fully saturated rings. The van der Waals surface area contributed by atoms with Crippen LogP contribution in [0, 0.1) is 46.3 Å². The first kappa shape index (κ1) is 23.1. The lowest BCUT2D eigenvalue weighted by atomic mass is 9.45. The van der Waals surface area contributed by atoms with Crippen LogP contribution in [0.4, 0.5) is 0 Å². The summed E-state index contributed by atoms with van der Waals surface area (Å²) in [4.78, 5) is 14.7. The zero-order valence-corrected chi connectivity index (χ0v) is 20.7. The van der Waals surface area contributed by atoms with Crippen LogP contribution in [-0.4, -0.2) is 61.4 Å². The van der Waals surface area contributed by atoms with Gasteiger partial charge in [0.05, 0.1) is 19.3 Å². The molecule has 2 aliphatic heterocycles. The Labute approximate surface area is 195 Å². The fraction of sp³-hybridized carbons (Fsp3) is 0.963. The maximum absolute atomic E-state index is 12.7. The molecule has 0 aromatic heterocycles. The second-order valence-corrected chi connectivity index (χ2v) is 12.5. The standard InChI is InChI=1S/C27H46N2O3/c1-18(4-7-24(31)29-12-14-32-15-13-29)20-5-6-21-25-22(8-9-27(20,21)3)26(2)10-11-28-17-19(26)16-23(25)30/h18-23,25,28,30H,4-17H2,1-3H3/t18-,19-,20-,21+,22+,23+,25+,26+,27-/m1/s1. The van der Waals surface area contributed by atoms with E-state index in [1.165, 1.54) is 32.1 Å². The van der Waals surface area contributed by atoms with Crippen molar-refractivity contribution in [2.24, 2.45) is 46.3 Å². The highest BCUT2D eigenvalue weighted by atomic mass is 16.5. The number of morpholine rings is 1. The number of ether oxygens (including phenoxy) is 1. The summed E-state index contributed by atoms with van der Waals surface area (Å²) in [5.74, 6) is 4.06. The van der Waals surface area contributed by atoms with Gasteiger partial charge in [-0.15, -0.1) is 0 Å². The highest BCUT2D eigenvalue weighted by Gasteiger charge is 2.62. The number of carbonyl (C=O) groups is 1. The Hall–Kier alpha value is -0.650. The fourth-order valence-corrected chi connectivity index (χ4v) is 9.36. The summed E-state index contributed by atoms with van der Waals surface area (Å²) in [6.45, 7) is 12.6. The molecule has 5 nitrogen and oxygen atoms in total. The third-order valence-corrected chi connectivity index (χ3v) is 11.3. The van der Waals surface area contributed by atoms with E-state index >= 15 is 0 Å². The normalized spacial score (nSPS) is 47.3. The van der Waals surface area contributed by atoms with Crippen molar-refractivity contribution in [1.82, 2.24) is 10.2 Å². The van der Waals surface area contributed by atoms with E-state index in [1.54, 1.807) is 0 Å². The second-order valence-electron chi connectivity index (χ2n) is 12.5. The van der Waals surface area contributed by atoms with Gasteiger partial charge in [-0.3, -0.25) is 4.79 Å². The molecule has 0 aromatic carbocycles. The van der Waals surface area contributed by atoms with Crippen LogP contribution in [0.25, 0.3) is 0 Å². The zero-order valence-electron chi connectivity index (χ0n) is 20.7. The van der Waals surface area contributed by atoms with E-state index in [-0.39, 0.29) is 6.10 Å². The predicted molar refractivity (Wildman–Crippen MR) is 126 cm³/mol. The van der Waals surface area contributed by atoms with E-state index in [2.05, 4.69) is 26.1 Å². The van der Waals surface area contributed by atoms with Crippen molar-refractivity contribution in [2.75, 3.05) is 39.4 Å². The Morgan fingerprint density at radius 2 is 1.88 bits per heavy atom. The molecule has 9 atom stereocenters. The number of piperidine rings is 1. The minimum atomic E-state index is -0.125. The molecule has 2 N–H and O–H groups in total. The molecule has 0 spiro atoms. The molecule has 0 aromatic rings. The van der Waals surface area contributed by atoms with Gasteiger partial charge in [-0.05, 0) is 104 Å². The van der Waals surface area contributed by atoms with Crippen molar-refractivity contribution >= 4 is 5.91 Å². The highest BCUT2D eigenvalue weighted by Crippen LogP contribution is 2.67. The maximum Gasteiger partial charge on any atom is 0.222 e. The molecule has 3 aliphatic carbocycles. The van der Waals surface area contributed by atoms with Crippen molar-refractivity contribution in [2.45, 2.75) is 78.2 Å². The molecular formula is C27H46N2O3. The molecule has 32 heavy (non-hydrogen) atoms. The molecule has 2 saturated heterocycles. The van der Waals surface area contributed by atoms with E-state index in [0.717, 1.165) is 39.0 Å². The summed E-state index contributed by atoms with van der Waals surface area (Å²) in [6.07, 6.45) is 8.99. The lowest BCUT2D eigenvalue weighted by Gasteiger charge is -2.62. The Morgan fingerprint density at radius 1 is 1.12 bits per heavy atom. The number of rotatable bonds is 4. The monoisotopic (exact) mass is 446 g/mol. The predicted octanol–water partition coefficient (Wildman–Crippen LogP) is 3.70. The molecule has 5 rings (SSSR count). The second kappa shape index (κ2) is 8.85. The molecule has 5 heteroatoms. The van der Waals surface area contributed by atoms with E-state index in [1.807, 2.05) is 4.90 Å². The van der Waals surface area contributed by atoms with Crippen LogP contribution in [0.3, 0.4) is 0 Å². The maximum atomic E-state index is 12.7. The van der Waals surface area contributed by atoms with E-state index in [9.17, 15) is 9.90 Å². The summed E-state index contributed by atoms with van der Waals surface area (Å²) in [7, 11) is 0. The number of hydrogen-bond acceptors (Lipinski definition) is 4. The van der Waals surface area contributed by atoms with Gasteiger partial charge >= 0.3 is 0 Å². The quantitative estimate of drug-likeness (QED) is 0.691. The molecule has 3 saturated carbocycles. The van der Waals surface area contributed by atoms with Crippen LogP contribution in [0.2, 0.25) is 0 Å². The van der Waals surface area contributed by atoms with Gasteiger partial charge in [0.25, 0.3) is 0 Å². The number of amides is 1. The first-order valence-corrected chi connectivity index (χ1v) is 13.6. The van der Waals surface area contributed by atoms with Crippen molar-refractivity contribution in [3.8, 4) is 0 Å². The Morgan fingerprint density at radius 3 is 2.66 bits per heavy atom. The summed E-state index contributed by atoms with van der Waals surface area (Å²) in [6, 6.07) is 0. The zero-order chi connectivity index (χ0) is 22.5. The molecule has 0 radical (unpaired) electrons. The van der Waals surface area contributed by atoms with Crippen LogP contribution in [0.5, 0.6) is 0 Å². The minimum Gasteiger partial charge on any atom is -0.393 e. The van der Waals surface area contributed by atoms with Gasteiger partial charge < -0.3 is 20.1 Å². The number of carbonyl (C=O) groups excluding carboxylic acids is 1. The first-order chi connectivity index (χ1) is 15.3. The molecular weight excluding hydrogens is 400 g/mol. The van der Waals surface area contributed by atoms with Gasteiger partial charge in [0, 0.05) is 19.5 Å². The summed E-state index contributed by atoms with van der Waals surface area (Å²) in [5, 5.41) is 15.0. The number of nitrogens with zero attached hydrogens (tertiary/aromatic N) is 1. The van der Waals surface area contributed by atoms with Gasteiger partial charge in [0.15, 0.2) is 0 Å². The van der Waals surface area contributed by atoms with E-state index in [0.29, 0.717) is 71.9 Å². The van der Waals surface area contributed by atoms with Gasteiger partial charge in [-0.1, -0.05) is 20.8 Å². The molecule has 0 unspecified atom stereocenters. The van der Waals surface area contributed by atoms with Gasteiger partial charge in [0.1, 0.15) is 0 Å². The summed E-state index contributed by atoms with van der Waals surface area (Å²) < 4.78 is 5.40. The van der Waals surface area contributed by atoms with E-state index < -0.39 is 0 Å². The lowest BCUT2D eigenvalue weighted by molar-refractivity contribution is -0.161. The summed E-state index contributed by atoms with van der Waals surface area (Å²) in [5.41, 5.74) is 0.741. The Balaban J connectivity index is 1.26. The molecule has 5 aliphatic rings. The largest absolute Gasteiger partial charge is 0.393 e. The molecule has 182 valence electrons.